The first kappa shape index (κ1) is 20.2. The predicted octanol–water partition coefficient (Wildman–Crippen LogP) is 4.69. The van der Waals surface area contributed by atoms with Gasteiger partial charge in [0.25, 0.3) is 0 Å². The van der Waals surface area contributed by atoms with Gasteiger partial charge >= 0.3 is 11.9 Å². The molecule has 0 aliphatic heterocycles. The van der Waals surface area contributed by atoms with Gasteiger partial charge in [0.2, 0.25) is 0 Å². The standard InChI is InChI=1S/C23H24O4/c1-7-20(24)26-22-16(5)9-14(3)11-18(22)13-19-12-15(4)10-17(6)23(19)27-21(25)8-2/h7-12H,1-2,13H2,3-6H3. The quantitative estimate of drug-likeness (QED) is 0.424. The van der Waals surface area contributed by atoms with Gasteiger partial charge in [0.05, 0.1) is 0 Å². The number of aryl methyl sites for hydroxylation is 4. The molecule has 27 heavy (non-hydrogen) atoms. The monoisotopic (exact) mass is 364 g/mol. The maximum absolute atomic E-state index is 11.8. The van der Waals surface area contributed by atoms with E-state index < -0.39 is 11.9 Å². The molecule has 0 saturated carbocycles. The Kier molecular flexibility index (Phi) is 6.35. The fraction of sp³-hybridized carbons (Fsp3) is 0.217. The van der Waals surface area contributed by atoms with Crippen LogP contribution < -0.4 is 9.47 Å². The van der Waals surface area contributed by atoms with Crippen LogP contribution in [0.2, 0.25) is 0 Å². The summed E-state index contributed by atoms with van der Waals surface area (Å²) in [6.45, 7) is 14.7. The van der Waals surface area contributed by atoms with Crippen molar-refractivity contribution in [2.75, 3.05) is 0 Å². The SMILES string of the molecule is C=CC(=O)Oc1c(C)cc(C)cc1Cc1cc(C)cc(C)c1OC(=O)C=C. The van der Waals surface area contributed by atoms with Gasteiger partial charge in [0, 0.05) is 18.6 Å². The van der Waals surface area contributed by atoms with E-state index in [9.17, 15) is 9.59 Å². The van der Waals surface area contributed by atoms with E-state index in [1.165, 1.54) is 0 Å². The third kappa shape index (κ3) is 4.94. The largest absolute Gasteiger partial charge is 0.423 e. The molecule has 0 unspecified atom stereocenters. The lowest BCUT2D eigenvalue weighted by atomic mass is 9.96. The Labute approximate surface area is 160 Å². The predicted molar refractivity (Wildman–Crippen MR) is 106 cm³/mol. The van der Waals surface area contributed by atoms with Gasteiger partial charge in [0.1, 0.15) is 11.5 Å². The van der Waals surface area contributed by atoms with Crippen molar-refractivity contribution < 1.29 is 19.1 Å². The lowest BCUT2D eigenvalue weighted by Gasteiger charge is -2.17. The molecule has 4 nitrogen and oxygen atoms in total. The van der Waals surface area contributed by atoms with E-state index in [-0.39, 0.29) is 0 Å². The molecule has 2 aromatic carbocycles. The molecule has 0 radical (unpaired) electrons. The molecule has 2 rings (SSSR count). The maximum atomic E-state index is 11.8. The molecule has 0 saturated heterocycles. The van der Waals surface area contributed by atoms with Crippen LogP contribution in [-0.4, -0.2) is 11.9 Å². The van der Waals surface area contributed by atoms with Crippen molar-refractivity contribution >= 4 is 11.9 Å². The topological polar surface area (TPSA) is 52.6 Å². The van der Waals surface area contributed by atoms with Crippen LogP contribution in [0.1, 0.15) is 33.4 Å². The summed E-state index contributed by atoms with van der Waals surface area (Å²) in [4.78, 5) is 23.5. The van der Waals surface area contributed by atoms with Gasteiger partial charge in [-0.25, -0.2) is 9.59 Å². The molecule has 0 amide bonds. The van der Waals surface area contributed by atoms with Crippen LogP contribution in [0.15, 0.2) is 49.6 Å². The van der Waals surface area contributed by atoms with E-state index >= 15 is 0 Å². The molecule has 0 atom stereocenters. The minimum atomic E-state index is -0.512. The van der Waals surface area contributed by atoms with Crippen molar-refractivity contribution in [3.63, 3.8) is 0 Å². The highest BCUT2D eigenvalue weighted by Gasteiger charge is 2.17. The molecule has 0 aromatic heterocycles. The Morgan fingerprint density at radius 1 is 0.778 bits per heavy atom. The van der Waals surface area contributed by atoms with E-state index in [0.29, 0.717) is 17.9 Å². The number of carbonyl (C=O) groups excluding carboxylic acids is 2. The summed E-state index contributed by atoms with van der Waals surface area (Å²) >= 11 is 0. The number of carbonyl (C=O) groups is 2. The average Bonchev–Trinajstić information content (AvgIpc) is 2.60. The second kappa shape index (κ2) is 8.49. The Morgan fingerprint density at radius 3 is 1.48 bits per heavy atom. The number of rotatable bonds is 6. The van der Waals surface area contributed by atoms with Crippen LogP contribution >= 0.6 is 0 Å². The highest BCUT2D eigenvalue weighted by molar-refractivity contribution is 5.84. The molecule has 4 heteroatoms. The van der Waals surface area contributed by atoms with Crippen LogP contribution in [0.4, 0.5) is 0 Å². The number of benzene rings is 2. The van der Waals surface area contributed by atoms with E-state index in [1.54, 1.807) is 0 Å². The molecule has 0 heterocycles. The van der Waals surface area contributed by atoms with Crippen molar-refractivity contribution in [3.05, 3.63) is 83.0 Å². The molecule has 140 valence electrons. The second-order valence-electron chi connectivity index (χ2n) is 6.57. The maximum Gasteiger partial charge on any atom is 0.335 e. The van der Waals surface area contributed by atoms with Gasteiger partial charge in [-0.2, -0.15) is 0 Å². The third-order valence-corrected chi connectivity index (χ3v) is 4.11. The van der Waals surface area contributed by atoms with Crippen molar-refractivity contribution in [1.29, 1.82) is 0 Å². The van der Waals surface area contributed by atoms with Gasteiger partial charge < -0.3 is 9.47 Å². The summed E-state index contributed by atoms with van der Waals surface area (Å²) in [5.41, 5.74) is 5.49. The van der Waals surface area contributed by atoms with Gasteiger partial charge in [-0.3, -0.25) is 0 Å². The summed E-state index contributed by atoms with van der Waals surface area (Å²) in [5.74, 6) is -0.0137. The van der Waals surface area contributed by atoms with Crippen molar-refractivity contribution in [3.8, 4) is 11.5 Å². The molecule has 0 aliphatic rings. The number of ether oxygens (including phenoxy) is 2. The lowest BCUT2D eigenvalue weighted by molar-refractivity contribution is -0.129. The Balaban J connectivity index is 2.56. The Bertz CT molecular complexity index is 847. The normalized spacial score (nSPS) is 10.2. The van der Waals surface area contributed by atoms with Crippen LogP contribution in [0, 0.1) is 27.7 Å². The average molecular weight is 364 g/mol. The fourth-order valence-electron chi connectivity index (χ4n) is 3.13. The lowest BCUT2D eigenvalue weighted by Crippen LogP contribution is -2.10. The summed E-state index contributed by atoms with van der Waals surface area (Å²) < 4.78 is 10.9. The first-order valence-corrected chi connectivity index (χ1v) is 8.64. The minimum absolute atomic E-state index is 0.449. The summed E-state index contributed by atoms with van der Waals surface area (Å²) in [5, 5.41) is 0. The molecule has 0 spiro atoms. The first-order valence-electron chi connectivity index (χ1n) is 8.64. The molecule has 0 N–H and O–H groups in total. The number of esters is 2. The first-order chi connectivity index (χ1) is 12.7. The second-order valence-corrected chi connectivity index (χ2v) is 6.57. The zero-order chi connectivity index (χ0) is 20.1. The molecule has 0 fully saturated rings. The van der Waals surface area contributed by atoms with Crippen LogP contribution in [-0.2, 0) is 16.0 Å². The Morgan fingerprint density at radius 2 is 1.15 bits per heavy atom. The van der Waals surface area contributed by atoms with Crippen LogP contribution in [0.25, 0.3) is 0 Å². The molecular weight excluding hydrogens is 340 g/mol. The molecule has 0 bridgehead atoms. The zero-order valence-electron chi connectivity index (χ0n) is 16.2. The van der Waals surface area contributed by atoms with Gasteiger partial charge in [0.15, 0.2) is 0 Å². The van der Waals surface area contributed by atoms with Gasteiger partial charge in [-0.15, -0.1) is 0 Å². The van der Waals surface area contributed by atoms with E-state index in [4.69, 9.17) is 9.47 Å². The third-order valence-electron chi connectivity index (χ3n) is 4.11. The van der Waals surface area contributed by atoms with E-state index in [1.807, 2.05) is 52.0 Å². The smallest absolute Gasteiger partial charge is 0.335 e. The zero-order valence-corrected chi connectivity index (χ0v) is 16.2. The number of hydrogen-bond acceptors (Lipinski definition) is 4. The highest BCUT2D eigenvalue weighted by Crippen LogP contribution is 2.33. The summed E-state index contributed by atoms with van der Waals surface area (Å²) in [6.07, 6.45) is 2.72. The Hall–Kier alpha value is -3.14. The summed E-state index contributed by atoms with van der Waals surface area (Å²) in [6, 6.07) is 7.84. The number of hydrogen-bond donors (Lipinski definition) is 0. The molecule has 0 aliphatic carbocycles. The van der Waals surface area contributed by atoms with Crippen LogP contribution in [0.5, 0.6) is 11.5 Å². The van der Waals surface area contributed by atoms with Crippen molar-refractivity contribution in [2.24, 2.45) is 0 Å². The van der Waals surface area contributed by atoms with Gasteiger partial charge in [-0.05, 0) is 49.9 Å². The van der Waals surface area contributed by atoms with Crippen molar-refractivity contribution in [1.82, 2.24) is 0 Å². The van der Waals surface area contributed by atoms with Crippen LogP contribution in [0.3, 0.4) is 0 Å². The summed E-state index contributed by atoms with van der Waals surface area (Å²) in [7, 11) is 0. The van der Waals surface area contributed by atoms with Gasteiger partial charge in [-0.1, -0.05) is 48.6 Å². The molecular formula is C23H24O4. The fourth-order valence-corrected chi connectivity index (χ4v) is 3.13. The molecule has 2 aromatic rings. The van der Waals surface area contributed by atoms with Crippen molar-refractivity contribution in [2.45, 2.75) is 34.1 Å². The highest BCUT2D eigenvalue weighted by atomic mass is 16.5. The van der Waals surface area contributed by atoms with E-state index in [2.05, 4.69) is 13.2 Å². The van der Waals surface area contributed by atoms with E-state index in [0.717, 1.165) is 45.5 Å². The minimum Gasteiger partial charge on any atom is -0.423 e.